The van der Waals surface area contributed by atoms with Crippen molar-refractivity contribution in [3.8, 4) is 0 Å². The van der Waals surface area contributed by atoms with Gasteiger partial charge in [0.1, 0.15) is 9.84 Å². The molecule has 0 amide bonds. The maximum atomic E-state index is 11.8. The third kappa shape index (κ3) is 3.03. The van der Waals surface area contributed by atoms with Gasteiger partial charge >= 0.3 is 0 Å². The van der Waals surface area contributed by atoms with Crippen LogP contribution in [0.4, 0.5) is 0 Å². The Kier molecular flexibility index (Phi) is 4.50. The molecule has 20 heavy (non-hydrogen) atoms. The first-order valence-corrected chi connectivity index (χ1v) is 9.49. The minimum absolute atomic E-state index is 0.0713. The third-order valence-electron chi connectivity index (χ3n) is 4.33. The molecule has 0 bridgehead atoms. The largest absolute Gasteiger partial charge is 0.266 e. The maximum Gasteiger partial charge on any atom is 0.150 e. The van der Waals surface area contributed by atoms with Crippen molar-refractivity contribution in [2.24, 2.45) is 0 Å². The molecule has 2 rings (SSSR count). The van der Waals surface area contributed by atoms with E-state index in [0.29, 0.717) is 6.42 Å². The Bertz CT molecular complexity index is 593. The van der Waals surface area contributed by atoms with Crippen LogP contribution in [0.5, 0.6) is 0 Å². The average molecular weight is 319 g/mol. The van der Waals surface area contributed by atoms with Crippen molar-refractivity contribution in [1.29, 1.82) is 0 Å². The van der Waals surface area contributed by atoms with Crippen molar-refractivity contribution >= 4 is 21.4 Å². The minimum Gasteiger partial charge on any atom is -0.266 e. The summed E-state index contributed by atoms with van der Waals surface area (Å²) in [5.41, 5.74) is 3.10. The predicted octanol–water partition coefficient (Wildman–Crippen LogP) is 3.33. The van der Waals surface area contributed by atoms with Crippen LogP contribution < -0.4 is 0 Å². The zero-order valence-corrected chi connectivity index (χ0v) is 14.1. The lowest BCUT2D eigenvalue weighted by Gasteiger charge is -2.29. The van der Waals surface area contributed by atoms with Crippen LogP contribution in [0.1, 0.15) is 61.0 Å². The van der Waals surface area contributed by atoms with Gasteiger partial charge in [-0.15, -0.1) is 11.6 Å². The van der Waals surface area contributed by atoms with Crippen molar-refractivity contribution < 1.29 is 8.42 Å². The Balaban J connectivity index is 2.30. The smallest absolute Gasteiger partial charge is 0.150 e. The molecule has 1 heterocycles. The lowest BCUT2D eigenvalue weighted by molar-refractivity contribution is 0.324. The number of aryl methyl sites for hydroxylation is 1. The van der Waals surface area contributed by atoms with Gasteiger partial charge in [0, 0.05) is 17.5 Å². The van der Waals surface area contributed by atoms with Gasteiger partial charge < -0.3 is 0 Å². The summed E-state index contributed by atoms with van der Waals surface area (Å²) in [6.45, 7) is 5.94. The molecule has 1 fully saturated rings. The van der Waals surface area contributed by atoms with E-state index in [9.17, 15) is 8.42 Å². The normalized spacial score (nSPS) is 25.6. The Labute approximate surface area is 126 Å². The molecular formula is C14H23ClN2O2S. The van der Waals surface area contributed by atoms with E-state index in [1.807, 2.05) is 25.5 Å². The Hall–Kier alpha value is -0.550. The topological polar surface area (TPSA) is 52.0 Å². The highest BCUT2D eigenvalue weighted by molar-refractivity contribution is 7.91. The Morgan fingerprint density at radius 2 is 2.00 bits per heavy atom. The van der Waals surface area contributed by atoms with E-state index in [1.54, 1.807) is 0 Å². The number of sulfone groups is 1. The molecule has 0 aromatic carbocycles. The molecule has 3 atom stereocenters. The van der Waals surface area contributed by atoms with E-state index >= 15 is 0 Å². The van der Waals surface area contributed by atoms with Gasteiger partial charge in [0.25, 0.3) is 0 Å². The summed E-state index contributed by atoms with van der Waals surface area (Å²) >= 11 is 6.22. The molecular weight excluding hydrogens is 296 g/mol. The second-order valence-corrected chi connectivity index (χ2v) is 8.90. The summed E-state index contributed by atoms with van der Waals surface area (Å²) in [6.07, 6.45) is 4.70. The van der Waals surface area contributed by atoms with Gasteiger partial charge in [0.15, 0.2) is 0 Å². The minimum atomic E-state index is -2.97. The summed E-state index contributed by atoms with van der Waals surface area (Å²) in [5.74, 6) is 0. The van der Waals surface area contributed by atoms with Crippen molar-refractivity contribution in [2.75, 3.05) is 6.26 Å². The standard InChI is InChI=1S/C14H23ClN2O2S/c1-9(15)14-10(2)16-17(11(14)3)12-6-5-7-13(8-12)20(4,18)19/h9,12-13H,5-8H2,1-4H3. The summed E-state index contributed by atoms with van der Waals surface area (Å²) in [7, 11) is -2.97. The molecule has 0 aliphatic heterocycles. The molecule has 3 unspecified atom stereocenters. The van der Waals surface area contributed by atoms with Crippen molar-refractivity contribution in [1.82, 2.24) is 9.78 Å². The van der Waals surface area contributed by atoms with Crippen LogP contribution in [0.3, 0.4) is 0 Å². The fourth-order valence-corrected chi connectivity index (χ4v) is 4.82. The first-order chi connectivity index (χ1) is 9.21. The number of halogens is 1. The van der Waals surface area contributed by atoms with Crippen molar-refractivity contribution in [2.45, 2.75) is 63.1 Å². The highest BCUT2D eigenvalue weighted by Crippen LogP contribution is 2.35. The summed E-state index contributed by atoms with van der Waals surface area (Å²) in [6, 6.07) is 0.173. The maximum absolute atomic E-state index is 11.8. The van der Waals surface area contributed by atoms with E-state index in [1.165, 1.54) is 6.26 Å². The third-order valence-corrected chi connectivity index (χ3v) is 6.19. The second kappa shape index (κ2) is 5.68. The zero-order valence-electron chi connectivity index (χ0n) is 12.6. The average Bonchev–Trinajstić information content (AvgIpc) is 2.64. The van der Waals surface area contributed by atoms with Crippen LogP contribution in [0.2, 0.25) is 0 Å². The first kappa shape index (κ1) is 15.8. The molecule has 1 aromatic heterocycles. The second-order valence-electron chi connectivity index (χ2n) is 5.92. The molecule has 0 spiro atoms. The van der Waals surface area contributed by atoms with Gasteiger partial charge in [0.05, 0.1) is 22.4 Å². The molecule has 1 aliphatic rings. The molecule has 1 aromatic rings. The van der Waals surface area contributed by atoms with Crippen LogP contribution in [0.25, 0.3) is 0 Å². The molecule has 0 N–H and O–H groups in total. The Morgan fingerprint density at radius 3 is 2.50 bits per heavy atom. The molecule has 0 radical (unpaired) electrons. The number of nitrogens with zero attached hydrogens (tertiary/aromatic N) is 2. The van der Waals surface area contributed by atoms with Crippen molar-refractivity contribution in [3.63, 3.8) is 0 Å². The zero-order chi connectivity index (χ0) is 15.1. The molecule has 0 saturated heterocycles. The van der Waals surface area contributed by atoms with Crippen molar-refractivity contribution in [3.05, 3.63) is 17.0 Å². The number of aromatic nitrogens is 2. The number of rotatable bonds is 3. The number of hydrogen-bond donors (Lipinski definition) is 0. The van der Waals surface area contributed by atoms with E-state index in [-0.39, 0.29) is 16.7 Å². The monoisotopic (exact) mass is 318 g/mol. The summed E-state index contributed by atoms with van der Waals surface area (Å²) in [5, 5.41) is 4.30. The summed E-state index contributed by atoms with van der Waals surface area (Å²) < 4.78 is 25.6. The fourth-order valence-electron chi connectivity index (χ4n) is 3.34. The molecule has 1 aliphatic carbocycles. The van der Waals surface area contributed by atoms with Gasteiger partial charge in [-0.25, -0.2) is 8.42 Å². The van der Waals surface area contributed by atoms with Gasteiger partial charge in [-0.2, -0.15) is 5.10 Å². The van der Waals surface area contributed by atoms with Crippen LogP contribution in [0, 0.1) is 13.8 Å². The van der Waals surface area contributed by atoms with E-state index in [0.717, 1.165) is 36.2 Å². The van der Waals surface area contributed by atoms with Gasteiger partial charge in [-0.3, -0.25) is 4.68 Å². The van der Waals surface area contributed by atoms with Crippen LogP contribution in [-0.2, 0) is 9.84 Å². The molecule has 1 saturated carbocycles. The lowest BCUT2D eigenvalue weighted by atomic mass is 9.95. The van der Waals surface area contributed by atoms with E-state index in [2.05, 4.69) is 5.10 Å². The van der Waals surface area contributed by atoms with Gasteiger partial charge in [-0.05, 0) is 40.0 Å². The highest BCUT2D eigenvalue weighted by atomic mass is 35.5. The molecule has 4 nitrogen and oxygen atoms in total. The number of alkyl halides is 1. The quantitative estimate of drug-likeness (QED) is 0.803. The van der Waals surface area contributed by atoms with Crippen LogP contribution in [-0.4, -0.2) is 29.7 Å². The first-order valence-electron chi connectivity index (χ1n) is 7.10. The van der Waals surface area contributed by atoms with Crippen LogP contribution >= 0.6 is 11.6 Å². The highest BCUT2D eigenvalue weighted by Gasteiger charge is 2.31. The van der Waals surface area contributed by atoms with Gasteiger partial charge in [-0.1, -0.05) is 6.42 Å². The number of hydrogen-bond acceptors (Lipinski definition) is 3. The molecule has 6 heteroatoms. The van der Waals surface area contributed by atoms with E-state index < -0.39 is 9.84 Å². The SMILES string of the molecule is Cc1nn(C2CCCC(S(C)(=O)=O)C2)c(C)c1C(C)Cl. The van der Waals surface area contributed by atoms with Crippen LogP contribution in [0.15, 0.2) is 0 Å². The van der Waals surface area contributed by atoms with E-state index in [4.69, 9.17) is 11.6 Å². The van der Waals surface area contributed by atoms with Gasteiger partial charge in [0.2, 0.25) is 0 Å². The fraction of sp³-hybridized carbons (Fsp3) is 0.786. The lowest BCUT2D eigenvalue weighted by Crippen LogP contribution is -2.29. The molecule has 114 valence electrons. The summed E-state index contributed by atoms with van der Waals surface area (Å²) in [4.78, 5) is 0. The Morgan fingerprint density at radius 1 is 1.35 bits per heavy atom. The predicted molar refractivity (Wildman–Crippen MR) is 82.1 cm³/mol.